The molecule has 0 spiro atoms. The van der Waals surface area contributed by atoms with E-state index in [1.807, 2.05) is 0 Å². The number of thioether (sulfide) groups is 1. The second-order valence-electron chi connectivity index (χ2n) is 10.8. The normalized spacial score (nSPS) is 43.2. The average molecular weight is 536 g/mol. The van der Waals surface area contributed by atoms with Gasteiger partial charge in [-0.3, -0.25) is 4.79 Å². The Balaban J connectivity index is 1.40. The Kier molecular flexibility index (Phi) is 9.65. The molecule has 35 heavy (non-hydrogen) atoms. The molecule has 0 saturated carbocycles. The molecule has 11 heteroatoms. The van der Waals surface area contributed by atoms with Crippen molar-refractivity contribution in [2.45, 2.75) is 86.0 Å². The van der Waals surface area contributed by atoms with Gasteiger partial charge >= 0.3 is 0 Å². The summed E-state index contributed by atoms with van der Waals surface area (Å²) < 4.78 is 12.1. The van der Waals surface area contributed by atoms with Gasteiger partial charge in [0, 0.05) is 13.2 Å². The number of halogens is 1. The third kappa shape index (κ3) is 6.12. The van der Waals surface area contributed by atoms with Gasteiger partial charge in [0.2, 0.25) is 5.91 Å². The lowest BCUT2D eigenvalue weighted by Gasteiger charge is -2.44. The highest BCUT2D eigenvalue weighted by molar-refractivity contribution is 7.99. The van der Waals surface area contributed by atoms with E-state index >= 15 is 0 Å². The van der Waals surface area contributed by atoms with Gasteiger partial charge in [-0.15, -0.1) is 23.4 Å². The van der Waals surface area contributed by atoms with Crippen LogP contribution in [-0.4, -0.2) is 119 Å². The highest BCUT2D eigenvalue weighted by Crippen LogP contribution is 2.38. The minimum absolute atomic E-state index is 0.207. The summed E-state index contributed by atoms with van der Waals surface area (Å²) in [6.45, 7) is 5.40. The zero-order chi connectivity index (χ0) is 25.3. The fraction of sp³-hybridized carbons (Fsp3) is 0.958. The molecule has 4 fully saturated rings. The van der Waals surface area contributed by atoms with Crippen LogP contribution in [0.25, 0.3) is 0 Å². The number of piperidine rings is 1. The Morgan fingerprint density at radius 3 is 2.49 bits per heavy atom. The first-order valence-corrected chi connectivity index (χ1v) is 14.6. The van der Waals surface area contributed by atoms with Crippen molar-refractivity contribution in [3.05, 3.63) is 0 Å². The summed E-state index contributed by atoms with van der Waals surface area (Å²) in [4.78, 5) is 15.8. The number of likely N-dealkylation sites (tertiary alicyclic amines) is 1. The van der Waals surface area contributed by atoms with Crippen LogP contribution in [0.5, 0.6) is 0 Å². The van der Waals surface area contributed by atoms with E-state index in [2.05, 4.69) is 22.6 Å². The maximum Gasteiger partial charge on any atom is 0.240 e. The van der Waals surface area contributed by atoms with Crippen LogP contribution in [0, 0.1) is 17.8 Å². The number of nitrogens with zero attached hydrogens (tertiary/aromatic N) is 1. The molecule has 4 aliphatic rings. The van der Waals surface area contributed by atoms with Gasteiger partial charge in [-0.05, 0) is 76.8 Å². The van der Waals surface area contributed by atoms with Crippen LogP contribution in [0.2, 0.25) is 0 Å². The molecule has 5 N–H and O–H groups in total. The van der Waals surface area contributed by atoms with Gasteiger partial charge in [-0.1, -0.05) is 0 Å². The number of nitrogens with one attached hydrogen (secondary N) is 2. The molecule has 4 heterocycles. The van der Waals surface area contributed by atoms with E-state index in [4.69, 9.17) is 21.1 Å². The molecular weight excluding hydrogens is 494 g/mol. The number of hydrogen-bond acceptors (Lipinski definition) is 9. The molecule has 11 atom stereocenters. The van der Waals surface area contributed by atoms with Crippen molar-refractivity contribution >= 4 is 29.3 Å². The third-order valence-electron chi connectivity index (χ3n) is 8.51. The number of alkyl halides is 1. The fourth-order valence-electron chi connectivity index (χ4n) is 6.34. The van der Waals surface area contributed by atoms with Crippen molar-refractivity contribution < 1.29 is 29.6 Å². The van der Waals surface area contributed by atoms with Crippen molar-refractivity contribution in [1.82, 2.24) is 15.5 Å². The van der Waals surface area contributed by atoms with Crippen LogP contribution >= 0.6 is 23.4 Å². The van der Waals surface area contributed by atoms with Gasteiger partial charge in [-0.2, -0.15) is 0 Å². The topological polar surface area (TPSA) is 124 Å². The monoisotopic (exact) mass is 535 g/mol. The molecule has 0 radical (unpaired) electrons. The second kappa shape index (κ2) is 12.1. The van der Waals surface area contributed by atoms with Crippen LogP contribution in [-0.2, 0) is 14.3 Å². The first kappa shape index (κ1) is 27.9. The van der Waals surface area contributed by atoms with Crippen LogP contribution in [0.15, 0.2) is 0 Å². The number of aliphatic hydroxyl groups excluding tert-OH is 3. The van der Waals surface area contributed by atoms with E-state index in [9.17, 15) is 20.1 Å². The zero-order valence-electron chi connectivity index (χ0n) is 20.9. The molecule has 0 bridgehead atoms. The minimum atomic E-state index is -1.39. The molecule has 0 aromatic rings. The Hall–Kier alpha value is -0.170. The quantitative estimate of drug-likeness (QED) is 0.299. The molecule has 0 aromatic heterocycles. The van der Waals surface area contributed by atoms with Crippen molar-refractivity contribution in [3.8, 4) is 0 Å². The van der Waals surface area contributed by atoms with Crippen LogP contribution in [0.1, 0.15) is 32.6 Å². The lowest BCUT2D eigenvalue weighted by molar-refractivity contribution is -0.205. The van der Waals surface area contributed by atoms with Crippen LogP contribution < -0.4 is 10.6 Å². The minimum Gasteiger partial charge on any atom is -0.388 e. The van der Waals surface area contributed by atoms with E-state index in [0.29, 0.717) is 12.5 Å². The summed E-state index contributed by atoms with van der Waals surface area (Å²) in [7, 11) is 2.18. The number of amides is 1. The Bertz CT molecular complexity index is 713. The van der Waals surface area contributed by atoms with Gasteiger partial charge in [0.1, 0.15) is 35.9 Å². The lowest BCUT2D eigenvalue weighted by atomic mass is 9.77. The molecule has 2 unspecified atom stereocenters. The largest absolute Gasteiger partial charge is 0.388 e. The van der Waals surface area contributed by atoms with Crippen molar-refractivity contribution in [2.75, 3.05) is 39.5 Å². The van der Waals surface area contributed by atoms with E-state index in [1.165, 1.54) is 24.6 Å². The van der Waals surface area contributed by atoms with E-state index < -0.39 is 47.3 Å². The molecule has 4 rings (SSSR count). The van der Waals surface area contributed by atoms with Gasteiger partial charge < -0.3 is 40.3 Å². The van der Waals surface area contributed by atoms with Gasteiger partial charge in [0.15, 0.2) is 0 Å². The molecule has 4 aliphatic heterocycles. The second-order valence-corrected chi connectivity index (χ2v) is 12.4. The Labute approximate surface area is 217 Å². The molecule has 0 aliphatic carbocycles. The maximum absolute atomic E-state index is 13.4. The van der Waals surface area contributed by atoms with E-state index in [1.54, 1.807) is 13.2 Å². The molecule has 1 amide bonds. The Morgan fingerprint density at radius 2 is 1.83 bits per heavy atom. The van der Waals surface area contributed by atoms with E-state index in [-0.39, 0.29) is 17.9 Å². The highest BCUT2D eigenvalue weighted by Gasteiger charge is 2.49. The first-order valence-electron chi connectivity index (χ1n) is 12.9. The maximum atomic E-state index is 13.4. The van der Waals surface area contributed by atoms with Gasteiger partial charge in [-0.25, -0.2) is 0 Å². The number of ether oxygens (including phenoxy) is 2. The van der Waals surface area contributed by atoms with Crippen LogP contribution in [0.3, 0.4) is 0 Å². The standard InChI is InChI=1S/C24H42ClN3O6S/c1-12(25)16(22-19(30)18(29)20(31)24(34-22)35-3)27-23(32)17-21-15(11-26-17)10-14(6-9-33-21)13-4-7-28(2)8-5-13/h12-22,24,26,29-31H,4-11H2,1-3H3,(H,27,32)/t12-,14-,15-,16+,17-,18+,19?,20+,21+,22+,24?/m0/s1. The number of rotatable bonds is 6. The number of carbonyl (C=O) groups is 1. The molecule has 202 valence electrons. The van der Waals surface area contributed by atoms with Crippen molar-refractivity contribution in [3.63, 3.8) is 0 Å². The summed E-state index contributed by atoms with van der Waals surface area (Å²) in [6.07, 6.45) is 1.14. The first-order chi connectivity index (χ1) is 16.7. The molecule has 4 saturated heterocycles. The lowest BCUT2D eigenvalue weighted by Crippen LogP contribution is -2.65. The summed E-state index contributed by atoms with van der Waals surface area (Å²) in [5.41, 5.74) is -0.732. The number of aliphatic hydroxyl groups is 3. The van der Waals surface area contributed by atoms with Gasteiger partial charge in [0.25, 0.3) is 0 Å². The smallest absolute Gasteiger partial charge is 0.240 e. The van der Waals surface area contributed by atoms with Crippen molar-refractivity contribution in [1.29, 1.82) is 0 Å². The average Bonchev–Trinajstić information content (AvgIpc) is 3.12. The predicted molar refractivity (Wildman–Crippen MR) is 135 cm³/mol. The summed E-state index contributed by atoms with van der Waals surface area (Å²) in [5, 5.41) is 36.9. The van der Waals surface area contributed by atoms with E-state index in [0.717, 1.165) is 38.4 Å². The third-order valence-corrected chi connectivity index (χ3v) is 9.63. The fourth-order valence-corrected chi connectivity index (χ4v) is 7.23. The summed E-state index contributed by atoms with van der Waals surface area (Å²) in [6, 6.07) is -1.27. The highest BCUT2D eigenvalue weighted by atomic mass is 35.5. The van der Waals surface area contributed by atoms with Gasteiger partial charge in [0.05, 0.1) is 17.5 Å². The number of carbonyl (C=O) groups excluding carboxylic acids is 1. The number of fused-ring (bicyclic) bond motifs is 1. The zero-order valence-corrected chi connectivity index (χ0v) is 22.5. The predicted octanol–water partition coefficient (Wildman–Crippen LogP) is -0.00590. The summed E-state index contributed by atoms with van der Waals surface area (Å²) >= 11 is 7.67. The molecular formula is C24H42ClN3O6S. The molecule has 0 aromatic carbocycles. The molecule has 9 nitrogen and oxygen atoms in total. The SMILES string of the molecule is CSC1O[C@H]([C@H](NC(=O)[C@H]2NC[C@@H]3C[C@@H](C4CCN(C)CC4)CCO[C@H]32)[C@H](C)Cl)C(O)[C@@H](O)[C@H]1O. The number of hydrogen-bond donors (Lipinski definition) is 5. The summed E-state index contributed by atoms with van der Waals surface area (Å²) in [5.74, 6) is 1.38. The van der Waals surface area contributed by atoms with Crippen LogP contribution in [0.4, 0.5) is 0 Å². The van der Waals surface area contributed by atoms with Crippen molar-refractivity contribution in [2.24, 2.45) is 17.8 Å². The Morgan fingerprint density at radius 1 is 1.11 bits per heavy atom.